The van der Waals surface area contributed by atoms with Gasteiger partial charge in [-0.05, 0) is 37.5 Å². The van der Waals surface area contributed by atoms with Crippen LogP contribution in [-0.2, 0) is 0 Å². The molecule has 0 fully saturated rings. The molecular formula is C11H18. The van der Waals surface area contributed by atoms with Gasteiger partial charge in [-0.3, -0.25) is 0 Å². The molecule has 1 rings (SSSR count). The maximum absolute atomic E-state index is 5.70. The van der Waals surface area contributed by atoms with Gasteiger partial charge in [0, 0.05) is 0 Å². The second-order valence-corrected chi connectivity index (χ2v) is 4.62. The molecule has 0 heteroatoms. The highest BCUT2D eigenvalue weighted by atomic mass is 14.3. The van der Waals surface area contributed by atoms with E-state index in [1.54, 1.807) is 0 Å². The number of hydrogen-bond donors (Lipinski definition) is 0. The molecule has 0 N–H and O–H groups in total. The quantitative estimate of drug-likeness (QED) is 0.496. The van der Waals surface area contributed by atoms with E-state index in [0.29, 0.717) is 5.41 Å². The van der Waals surface area contributed by atoms with E-state index in [1.807, 2.05) is 0 Å². The van der Waals surface area contributed by atoms with Crippen molar-refractivity contribution in [3.63, 3.8) is 0 Å². The molecule has 0 aromatic carbocycles. The molecule has 0 aliphatic heterocycles. The lowest BCUT2D eigenvalue weighted by Crippen LogP contribution is -2.21. The summed E-state index contributed by atoms with van der Waals surface area (Å²) >= 11 is 0. The lowest BCUT2D eigenvalue weighted by molar-refractivity contribution is 0.221. The first-order valence-corrected chi connectivity index (χ1v) is 4.44. The van der Waals surface area contributed by atoms with Crippen LogP contribution < -0.4 is 0 Å². The maximum atomic E-state index is 5.70. The summed E-state index contributed by atoms with van der Waals surface area (Å²) in [6.45, 7) is 12.6. The van der Waals surface area contributed by atoms with Gasteiger partial charge < -0.3 is 0 Å². The molecule has 1 atom stereocenters. The largest absolute Gasteiger partial charge is 0.0847 e. The van der Waals surface area contributed by atoms with Crippen LogP contribution in [0, 0.1) is 18.3 Å². The Morgan fingerprint density at radius 1 is 1.45 bits per heavy atom. The monoisotopic (exact) mass is 150 g/mol. The van der Waals surface area contributed by atoms with E-state index < -0.39 is 0 Å². The van der Waals surface area contributed by atoms with Gasteiger partial charge in [-0.2, -0.15) is 0 Å². The first-order chi connectivity index (χ1) is 5.00. The molecule has 0 nitrogen and oxygen atoms in total. The van der Waals surface area contributed by atoms with E-state index in [4.69, 9.17) is 6.92 Å². The third kappa shape index (κ3) is 2.36. The summed E-state index contributed by atoms with van der Waals surface area (Å²) in [7, 11) is 0. The summed E-state index contributed by atoms with van der Waals surface area (Å²) in [6.07, 6.45) is 5.74. The van der Waals surface area contributed by atoms with Crippen molar-refractivity contribution in [1.82, 2.24) is 0 Å². The maximum Gasteiger partial charge on any atom is -0.00600 e. The fraction of sp³-hybridized carbons (Fsp3) is 0.727. The molecule has 1 aliphatic carbocycles. The van der Waals surface area contributed by atoms with Gasteiger partial charge in [-0.25, -0.2) is 0 Å². The van der Waals surface area contributed by atoms with Crippen molar-refractivity contribution in [3.8, 4) is 0 Å². The minimum atomic E-state index is 0.456. The second kappa shape index (κ2) is 3.00. The van der Waals surface area contributed by atoms with E-state index in [2.05, 4.69) is 26.8 Å². The topological polar surface area (TPSA) is 0 Å². The lowest BCUT2D eigenvalue weighted by Gasteiger charge is -2.32. The highest BCUT2D eigenvalue weighted by molar-refractivity contribution is 5.09. The first kappa shape index (κ1) is 8.83. The van der Waals surface area contributed by atoms with Crippen molar-refractivity contribution in [3.05, 3.63) is 18.6 Å². The second-order valence-electron chi connectivity index (χ2n) is 4.62. The Balaban J connectivity index is 2.54. The van der Waals surface area contributed by atoms with Crippen LogP contribution in [0.3, 0.4) is 0 Å². The molecule has 62 valence electrons. The smallest absolute Gasteiger partial charge is 0.00600 e. The molecular weight excluding hydrogens is 132 g/mol. The summed E-state index contributed by atoms with van der Waals surface area (Å²) in [5.41, 5.74) is 1.54. The standard InChI is InChI=1S/C11H18/c1-9-5-7-10(8-6-9)11(2,3)4/h1,5,10H,6-8H2,2-4H3. The number of rotatable bonds is 0. The van der Waals surface area contributed by atoms with Crippen LogP contribution in [0.15, 0.2) is 11.6 Å². The van der Waals surface area contributed by atoms with Crippen LogP contribution in [0.25, 0.3) is 0 Å². The highest BCUT2D eigenvalue weighted by Crippen LogP contribution is 2.36. The zero-order valence-electron chi connectivity index (χ0n) is 7.85. The molecule has 1 aliphatic rings. The van der Waals surface area contributed by atoms with Gasteiger partial charge in [0.15, 0.2) is 0 Å². The molecule has 2 radical (unpaired) electrons. The van der Waals surface area contributed by atoms with Crippen LogP contribution >= 0.6 is 0 Å². The van der Waals surface area contributed by atoms with Gasteiger partial charge in [0.05, 0.1) is 0 Å². The van der Waals surface area contributed by atoms with Crippen LogP contribution in [-0.4, -0.2) is 0 Å². The zero-order chi connectivity index (χ0) is 8.48. The summed E-state index contributed by atoms with van der Waals surface area (Å²) in [5, 5.41) is 0. The molecule has 0 amide bonds. The zero-order valence-corrected chi connectivity index (χ0v) is 7.85. The van der Waals surface area contributed by atoms with Crippen LogP contribution in [0.2, 0.25) is 0 Å². The average molecular weight is 150 g/mol. The van der Waals surface area contributed by atoms with Gasteiger partial charge in [0.1, 0.15) is 0 Å². The van der Waals surface area contributed by atoms with Gasteiger partial charge >= 0.3 is 0 Å². The predicted octanol–water partition coefficient (Wildman–Crippen LogP) is 3.47. The molecule has 0 spiro atoms. The molecule has 1 unspecified atom stereocenters. The fourth-order valence-electron chi connectivity index (χ4n) is 1.64. The molecule has 0 aromatic heterocycles. The first-order valence-electron chi connectivity index (χ1n) is 4.44. The van der Waals surface area contributed by atoms with Crippen LogP contribution in [0.1, 0.15) is 40.0 Å². The van der Waals surface area contributed by atoms with Crippen molar-refractivity contribution in [1.29, 1.82) is 0 Å². The summed E-state index contributed by atoms with van der Waals surface area (Å²) in [4.78, 5) is 0. The molecule has 0 saturated carbocycles. The minimum absolute atomic E-state index is 0.456. The number of allylic oxidation sites excluding steroid dienone is 2. The van der Waals surface area contributed by atoms with Gasteiger partial charge in [0.2, 0.25) is 0 Å². The summed E-state index contributed by atoms with van der Waals surface area (Å²) < 4.78 is 0. The van der Waals surface area contributed by atoms with E-state index >= 15 is 0 Å². The van der Waals surface area contributed by atoms with E-state index in [0.717, 1.165) is 17.9 Å². The van der Waals surface area contributed by atoms with Crippen molar-refractivity contribution in [2.45, 2.75) is 40.0 Å². The molecule has 0 heterocycles. The van der Waals surface area contributed by atoms with Crippen LogP contribution in [0.4, 0.5) is 0 Å². The average Bonchev–Trinajstić information content (AvgIpc) is 1.86. The molecule has 11 heavy (non-hydrogen) atoms. The fourth-order valence-corrected chi connectivity index (χ4v) is 1.64. The van der Waals surface area contributed by atoms with E-state index in [9.17, 15) is 0 Å². The van der Waals surface area contributed by atoms with Crippen molar-refractivity contribution in [2.24, 2.45) is 11.3 Å². The lowest BCUT2D eigenvalue weighted by atomic mass is 9.73. The van der Waals surface area contributed by atoms with Crippen molar-refractivity contribution < 1.29 is 0 Å². The van der Waals surface area contributed by atoms with E-state index in [-0.39, 0.29) is 0 Å². The van der Waals surface area contributed by atoms with Gasteiger partial charge in [-0.15, -0.1) is 0 Å². The molecule has 0 saturated heterocycles. The van der Waals surface area contributed by atoms with Crippen LogP contribution in [0.5, 0.6) is 0 Å². The minimum Gasteiger partial charge on any atom is -0.0847 e. The Hall–Kier alpha value is -0.260. The Kier molecular flexibility index (Phi) is 2.41. The Bertz CT molecular complexity index is 157. The third-order valence-corrected chi connectivity index (χ3v) is 2.67. The van der Waals surface area contributed by atoms with Crippen molar-refractivity contribution >= 4 is 0 Å². The molecule has 0 bridgehead atoms. The van der Waals surface area contributed by atoms with E-state index in [1.165, 1.54) is 12.8 Å². The highest BCUT2D eigenvalue weighted by Gasteiger charge is 2.25. The predicted molar refractivity (Wildman–Crippen MR) is 49.2 cm³/mol. The Morgan fingerprint density at radius 3 is 2.45 bits per heavy atom. The summed E-state index contributed by atoms with van der Waals surface area (Å²) in [5.74, 6) is 0.829. The third-order valence-electron chi connectivity index (χ3n) is 2.67. The van der Waals surface area contributed by atoms with Gasteiger partial charge in [-0.1, -0.05) is 32.4 Å². The normalized spacial score (nSPS) is 26.5. The SMILES string of the molecule is [CH]C1=CCC(C(C)(C)C)CC1. The molecule has 0 aromatic rings. The Morgan fingerprint density at radius 2 is 2.09 bits per heavy atom. The Labute approximate surface area is 70.7 Å². The van der Waals surface area contributed by atoms with Crippen molar-refractivity contribution in [2.75, 3.05) is 0 Å². The number of hydrogen-bond acceptors (Lipinski definition) is 0. The van der Waals surface area contributed by atoms with Gasteiger partial charge in [0.25, 0.3) is 0 Å². The summed E-state index contributed by atoms with van der Waals surface area (Å²) in [6, 6.07) is 0.